The number of hydrogen-bond acceptors (Lipinski definition) is 17. The lowest BCUT2D eigenvalue weighted by Gasteiger charge is -2.19. The maximum absolute atomic E-state index is 12.8. The number of aromatic nitrogens is 2. The van der Waals surface area contributed by atoms with Crippen molar-refractivity contribution in [1.82, 2.24) is 25.9 Å². The zero-order valence-electron chi connectivity index (χ0n) is 56.7. The molecular formula is C77H78N10O13P2S2. The highest BCUT2D eigenvalue weighted by atomic mass is 32.2. The largest absolute Gasteiger partial charge is 0.478 e. The van der Waals surface area contributed by atoms with Crippen molar-refractivity contribution in [1.29, 1.82) is 0 Å². The van der Waals surface area contributed by atoms with E-state index < -0.39 is 60.0 Å². The first-order valence-electron chi connectivity index (χ1n) is 32.8. The number of nitrogens with zero attached hydrogens (tertiary/aromatic N) is 4. The first-order chi connectivity index (χ1) is 50.2. The predicted octanol–water partition coefficient (Wildman–Crippen LogP) is 9.57. The topological polar surface area (TPSA) is 360 Å². The third-order valence-corrected chi connectivity index (χ3v) is 22.2. The van der Waals surface area contributed by atoms with Crippen LogP contribution in [-0.2, 0) is 29.8 Å². The molecule has 2 unspecified atom stereocenters. The summed E-state index contributed by atoms with van der Waals surface area (Å²) in [6.45, 7) is 2.95. The fraction of sp³-hybridized carbons (Fsp3) is 0.156. The Bertz CT molecular complexity index is 4660. The Labute approximate surface area is 606 Å². The number of methoxy groups -OCH3 is 1. The highest BCUT2D eigenvalue weighted by Gasteiger charge is 2.24. The molecule has 10 rings (SSSR count). The molecule has 2 aromatic heterocycles. The fourth-order valence-corrected chi connectivity index (χ4v) is 16.2. The van der Waals surface area contributed by atoms with Gasteiger partial charge in [-0.25, -0.2) is 19.6 Å². The minimum atomic E-state index is -4.39. The van der Waals surface area contributed by atoms with Gasteiger partial charge in [0.25, 0.3) is 38.0 Å². The Morgan fingerprint density at radius 1 is 0.471 bits per heavy atom. The molecule has 2 atom stereocenters. The van der Waals surface area contributed by atoms with Gasteiger partial charge in [0.1, 0.15) is 27.5 Å². The van der Waals surface area contributed by atoms with Crippen LogP contribution in [-0.4, -0.2) is 115 Å². The molecule has 0 aliphatic rings. The van der Waals surface area contributed by atoms with Gasteiger partial charge in [0.2, 0.25) is 0 Å². The SMILES string of the molecule is CC(CCCCNC(=O)c1ccc(P(c2ccccc2)c2ccccc2)cc1)NC(=O)c1ccc(NN=Cc2ccccc2S(=O)(=O)O)nc1.COC(=O)C(CCCCN)NC(=O)c1ccc(NN=Cc2ccccc2S(=O)(=O)O)nc1.O=C(O)c1ccc(P(c2ccccc2)c2ccccc2)cc1. The molecule has 10 aromatic rings. The van der Waals surface area contributed by atoms with Crippen LogP contribution in [0.4, 0.5) is 11.6 Å². The van der Waals surface area contributed by atoms with E-state index in [4.69, 9.17) is 15.6 Å². The van der Waals surface area contributed by atoms with Crippen LogP contribution in [0.3, 0.4) is 0 Å². The molecular weight excluding hydrogens is 1400 g/mol. The number of esters is 1. The van der Waals surface area contributed by atoms with Gasteiger partial charge in [0.05, 0.1) is 36.2 Å². The van der Waals surface area contributed by atoms with Crippen molar-refractivity contribution in [2.45, 2.75) is 67.3 Å². The number of unbranched alkanes of at least 4 members (excludes halogenated alkanes) is 2. The second kappa shape index (κ2) is 40.0. The molecule has 23 nitrogen and oxygen atoms in total. The predicted molar refractivity (Wildman–Crippen MR) is 410 cm³/mol. The normalized spacial score (nSPS) is 11.8. The summed E-state index contributed by atoms with van der Waals surface area (Å²) in [5.74, 6) is -1.66. The summed E-state index contributed by atoms with van der Waals surface area (Å²) < 4.78 is 69.2. The van der Waals surface area contributed by atoms with Gasteiger partial charge in [-0.3, -0.25) is 34.3 Å². The van der Waals surface area contributed by atoms with E-state index in [0.29, 0.717) is 48.4 Å². The van der Waals surface area contributed by atoms with E-state index in [0.717, 1.165) is 31.0 Å². The molecule has 0 radical (unpaired) electrons. The number of aromatic carboxylic acids is 1. The zero-order valence-corrected chi connectivity index (χ0v) is 60.1. The average molecular weight is 1480 g/mol. The summed E-state index contributed by atoms with van der Waals surface area (Å²) in [6, 6.07) is 73.6. The number of hydrazone groups is 2. The van der Waals surface area contributed by atoms with Gasteiger partial charge in [0, 0.05) is 41.7 Å². The Kier molecular flexibility index (Phi) is 30.3. The van der Waals surface area contributed by atoms with Gasteiger partial charge in [-0.1, -0.05) is 182 Å². The first-order valence-corrected chi connectivity index (χ1v) is 38.3. The van der Waals surface area contributed by atoms with Crippen LogP contribution in [0.25, 0.3) is 0 Å². The number of ether oxygens (including phenoxy) is 1. The lowest BCUT2D eigenvalue weighted by molar-refractivity contribution is -0.143. The second-order valence-corrected chi connectivity index (χ2v) is 30.2. The van der Waals surface area contributed by atoms with Crippen LogP contribution >= 0.6 is 15.8 Å². The highest BCUT2D eigenvalue weighted by molar-refractivity contribution is 7.86. The molecule has 0 aliphatic carbocycles. The summed E-state index contributed by atoms with van der Waals surface area (Å²) in [6.07, 6.45) is 9.31. The Hall–Kier alpha value is -11.0. The first kappa shape index (κ1) is 78.7. The van der Waals surface area contributed by atoms with Crippen molar-refractivity contribution in [2.24, 2.45) is 15.9 Å². The van der Waals surface area contributed by atoms with Crippen molar-refractivity contribution in [3.8, 4) is 0 Å². The maximum atomic E-state index is 12.8. The number of rotatable bonds is 30. The summed E-state index contributed by atoms with van der Waals surface area (Å²) in [5.41, 5.74) is 12.7. The Morgan fingerprint density at radius 2 is 0.846 bits per heavy atom. The monoisotopic (exact) mass is 1480 g/mol. The Balaban J connectivity index is 0.000000216. The van der Waals surface area contributed by atoms with E-state index in [1.807, 2.05) is 79.7 Å². The van der Waals surface area contributed by atoms with E-state index in [1.54, 1.807) is 36.4 Å². The second-order valence-electron chi connectivity index (χ2n) is 23.0. The van der Waals surface area contributed by atoms with Crippen molar-refractivity contribution >= 4 is 122 Å². The highest BCUT2D eigenvalue weighted by Crippen LogP contribution is 2.34. The summed E-state index contributed by atoms with van der Waals surface area (Å²) in [7, 11) is -8.93. The van der Waals surface area contributed by atoms with Crippen molar-refractivity contribution < 1.29 is 59.8 Å². The molecule has 0 saturated heterocycles. The molecule has 0 fully saturated rings. The van der Waals surface area contributed by atoms with E-state index in [-0.39, 0.29) is 50.2 Å². The van der Waals surface area contributed by atoms with Crippen LogP contribution in [0.2, 0.25) is 0 Å². The fourth-order valence-electron chi connectivity index (χ4n) is 10.3. The summed E-state index contributed by atoms with van der Waals surface area (Å²) in [5, 5.41) is 32.9. The number of nitrogens with two attached hydrogens (primary N) is 1. The minimum absolute atomic E-state index is 0.0832. The smallest absolute Gasteiger partial charge is 0.335 e. The van der Waals surface area contributed by atoms with Gasteiger partial charge in [0.15, 0.2) is 0 Å². The van der Waals surface area contributed by atoms with Crippen molar-refractivity contribution in [3.05, 3.63) is 288 Å². The summed E-state index contributed by atoms with van der Waals surface area (Å²) in [4.78, 5) is 68.6. The number of anilines is 2. The van der Waals surface area contributed by atoms with Gasteiger partial charge in [-0.2, -0.15) is 27.0 Å². The lowest BCUT2D eigenvalue weighted by Crippen LogP contribution is -2.41. The number of benzene rings is 8. The number of carboxylic acid groups (broad SMARTS) is 1. The molecule has 0 aliphatic heterocycles. The van der Waals surface area contributed by atoms with Crippen LogP contribution in [0.1, 0.15) is 98.0 Å². The molecule has 2 heterocycles. The third-order valence-electron chi connectivity index (χ3n) is 15.5. The number of amides is 3. The molecule has 8 aromatic carbocycles. The van der Waals surface area contributed by atoms with E-state index in [9.17, 15) is 49.9 Å². The minimum Gasteiger partial charge on any atom is -0.478 e. The van der Waals surface area contributed by atoms with Crippen LogP contribution in [0.5, 0.6) is 0 Å². The van der Waals surface area contributed by atoms with Gasteiger partial charge < -0.3 is 31.5 Å². The number of carbonyl (C=O) groups excluding carboxylic acids is 4. The van der Waals surface area contributed by atoms with E-state index in [1.165, 1.54) is 107 Å². The molecule has 0 spiro atoms. The van der Waals surface area contributed by atoms with Gasteiger partial charge >= 0.3 is 11.9 Å². The quantitative estimate of drug-likeness (QED) is 0.00505. The lowest BCUT2D eigenvalue weighted by atomic mass is 10.1. The van der Waals surface area contributed by atoms with Crippen molar-refractivity contribution in [3.63, 3.8) is 0 Å². The Morgan fingerprint density at radius 3 is 1.23 bits per heavy atom. The number of hydrogen-bond donors (Lipinski definition) is 9. The van der Waals surface area contributed by atoms with Crippen LogP contribution in [0, 0.1) is 0 Å². The number of carboxylic acids is 1. The average Bonchev–Trinajstić information content (AvgIpc) is 0.834. The number of pyridine rings is 2. The molecule has 3 amide bonds. The standard InChI is InChI=1S/C38H38N5O5PS.C20H25N5O6S.C19H15O2P/c1-28(42-38(45)31-21-24-36(40-26-31)43-41-27-30-13-8-9-18-35(30)50(46,47)48)12-10-11-25-39-37(44)29-19-22-34(23-20-29)49(32-14-4-2-5-15-32)33-16-6-3-7-17-33;1-31-20(27)16(7-4-5-11-21)24-19(26)15-9-10-18(22-12-15)25-23-13-14-6-2-3-8-17(14)32(28,29)30;20-19(21)15-11-13-18(14-12-15)22(16-7-3-1-4-8-16)17-9-5-2-6-10-17/h2-9,13-24,26-28H,10-12,25H2,1H3,(H,39,44)(H,40,43)(H,42,45)(H,46,47,48);2-3,6,8-10,12-13,16H,4-5,7,11,21H2,1H3,(H,22,25)(H,24,26)(H,28,29,30);1-14H,(H,20,21). The summed E-state index contributed by atoms with van der Waals surface area (Å²) >= 11 is 0. The molecule has 27 heteroatoms. The van der Waals surface area contributed by atoms with Crippen LogP contribution < -0.4 is 64.4 Å². The van der Waals surface area contributed by atoms with Gasteiger partial charge in [-0.15, -0.1) is 0 Å². The molecule has 0 bridgehead atoms. The van der Waals surface area contributed by atoms with Gasteiger partial charge in [-0.05, 0) is 160 Å². The number of carbonyl (C=O) groups is 5. The van der Waals surface area contributed by atoms with Crippen LogP contribution in [0.15, 0.2) is 275 Å². The van der Waals surface area contributed by atoms with E-state index >= 15 is 0 Å². The molecule has 10 N–H and O–H groups in total. The molecule has 536 valence electrons. The molecule has 0 saturated carbocycles. The third kappa shape index (κ3) is 24.3. The zero-order chi connectivity index (χ0) is 74.3. The van der Waals surface area contributed by atoms with Crippen molar-refractivity contribution in [2.75, 3.05) is 31.1 Å². The van der Waals surface area contributed by atoms with E-state index in [2.05, 4.69) is 132 Å². The molecule has 104 heavy (non-hydrogen) atoms. The number of nitrogens with one attached hydrogen (secondary N) is 5. The maximum Gasteiger partial charge on any atom is 0.335 e.